The highest BCUT2D eigenvalue weighted by Gasteiger charge is 2.29. The van der Waals surface area contributed by atoms with Gasteiger partial charge < -0.3 is 25.0 Å². The number of likely N-dealkylation sites (tertiary alicyclic amines) is 1. The number of nitrogens with zero attached hydrogens (tertiary/aromatic N) is 2. The van der Waals surface area contributed by atoms with Crippen molar-refractivity contribution in [1.82, 2.24) is 15.5 Å². The Hall–Kier alpha value is -1.63. The van der Waals surface area contributed by atoms with Crippen LogP contribution >= 0.6 is 0 Å². The minimum Gasteiger partial charge on any atom is -0.377 e. The third-order valence-electron chi connectivity index (χ3n) is 5.96. The van der Waals surface area contributed by atoms with E-state index in [9.17, 15) is 0 Å². The van der Waals surface area contributed by atoms with Crippen LogP contribution < -0.4 is 10.6 Å². The van der Waals surface area contributed by atoms with Crippen LogP contribution in [-0.2, 0) is 9.47 Å². The molecule has 0 amide bonds. The van der Waals surface area contributed by atoms with E-state index in [1.54, 1.807) is 0 Å². The van der Waals surface area contributed by atoms with Crippen molar-refractivity contribution in [2.45, 2.75) is 58.3 Å². The lowest BCUT2D eigenvalue weighted by molar-refractivity contribution is 0.0532. The van der Waals surface area contributed by atoms with Crippen molar-refractivity contribution in [1.29, 1.82) is 0 Å². The number of guanidine groups is 1. The van der Waals surface area contributed by atoms with E-state index in [2.05, 4.69) is 66.6 Å². The number of piperidine rings is 1. The van der Waals surface area contributed by atoms with Crippen LogP contribution in [0.1, 0.15) is 51.7 Å². The number of rotatable bonds is 9. The zero-order valence-electron chi connectivity index (χ0n) is 19.0. The van der Waals surface area contributed by atoms with Crippen LogP contribution in [0.15, 0.2) is 35.3 Å². The third kappa shape index (κ3) is 7.25. The predicted octanol–water partition coefficient (Wildman–Crippen LogP) is 3.21. The highest BCUT2D eigenvalue weighted by atomic mass is 16.5. The summed E-state index contributed by atoms with van der Waals surface area (Å²) < 4.78 is 11.7. The number of hydrogen-bond acceptors (Lipinski definition) is 4. The smallest absolute Gasteiger partial charge is 0.191 e. The Labute approximate surface area is 182 Å². The van der Waals surface area contributed by atoms with Crippen LogP contribution in [0.25, 0.3) is 0 Å². The number of hydrogen-bond donors (Lipinski definition) is 2. The van der Waals surface area contributed by atoms with E-state index < -0.39 is 0 Å². The zero-order valence-corrected chi connectivity index (χ0v) is 19.0. The van der Waals surface area contributed by atoms with E-state index in [4.69, 9.17) is 14.5 Å². The Morgan fingerprint density at radius 2 is 1.97 bits per heavy atom. The summed E-state index contributed by atoms with van der Waals surface area (Å²) in [5, 5.41) is 7.10. The molecule has 0 spiro atoms. The summed E-state index contributed by atoms with van der Waals surface area (Å²) in [5.41, 5.74) is 1.27. The monoisotopic (exact) mass is 416 g/mol. The second kappa shape index (κ2) is 12.3. The summed E-state index contributed by atoms with van der Waals surface area (Å²) in [7, 11) is 0. The van der Waals surface area contributed by atoms with Gasteiger partial charge in [-0.2, -0.15) is 0 Å². The maximum atomic E-state index is 6.03. The third-order valence-corrected chi connectivity index (χ3v) is 5.96. The second-order valence-corrected chi connectivity index (χ2v) is 8.65. The Balaban J connectivity index is 1.47. The molecule has 3 rings (SSSR count). The van der Waals surface area contributed by atoms with Crippen molar-refractivity contribution in [2.24, 2.45) is 10.9 Å². The van der Waals surface area contributed by atoms with Crippen molar-refractivity contribution in [3.05, 3.63) is 35.9 Å². The summed E-state index contributed by atoms with van der Waals surface area (Å²) in [6.45, 7) is 12.9. The first-order chi connectivity index (χ1) is 14.7. The fraction of sp³-hybridized carbons (Fsp3) is 0.708. The van der Waals surface area contributed by atoms with Gasteiger partial charge in [0.2, 0.25) is 0 Å². The van der Waals surface area contributed by atoms with Crippen LogP contribution in [0.2, 0.25) is 0 Å². The van der Waals surface area contributed by atoms with Gasteiger partial charge in [0, 0.05) is 51.3 Å². The molecule has 2 N–H and O–H groups in total. The van der Waals surface area contributed by atoms with Gasteiger partial charge in [0.1, 0.15) is 0 Å². The van der Waals surface area contributed by atoms with Crippen molar-refractivity contribution < 1.29 is 9.47 Å². The quantitative estimate of drug-likeness (QED) is 0.478. The lowest BCUT2D eigenvalue weighted by Crippen LogP contribution is -2.49. The van der Waals surface area contributed by atoms with Crippen molar-refractivity contribution in [3.8, 4) is 0 Å². The summed E-state index contributed by atoms with van der Waals surface area (Å²) in [6.07, 6.45) is 3.83. The molecule has 168 valence electrons. The average molecular weight is 417 g/mol. The van der Waals surface area contributed by atoms with Gasteiger partial charge in [0.05, 0.1) is 18.8 Å². The van der Waals surface area contributed by atoms with Crippen LogP contribution in [0.5, 0.6) is 0 Å². The molecule has 0 aliphatic carbocycles. The van der Waals surface area contributed by atoms with Gasteiger partial charge in [-0.05, 0) is 45.6 Å². The van der Waals surface area contributed by atoms with Crippen molar-refractivity contribution >= 4 is 5.96 Å². The van der Waals surface area contributed by atoms with E-state index in [1.165, 1.54) is 5.56 Å². The number of aliphatic imine (C=N–C) groups is 1. The number of nitrogens with one attached hydrogen (secondary N) is 2. The molecule has 6 heteroatoms. The van der Waals surface area contributed by atoms with Gasteiger partial charge >= 0.3 is 0 Å². The molecule has 0 radical (unpaired) electrons. The van der Waals surface area contributed by atoms with Gasteiger partial charge in [-0.15, -0.1) is 0 Å². The molecule has 6 nitrogen and oxygen atoms in total. The number of ether oxygens (including phenoxy) is 2. The van der Waals surface area contributed by atoms with E-state index in [0.29, 0.717) is 18.1 Å². The Kier molecular flexibility index (Phi) is 9.43. The normalized spacial score (nSPS) is 23.8. The van der Waals surface area contributed by atoms with Crippen LogP contribution in [-0.4, -0.2) is 68.9 Å². The first kappa shape index (κ1) is 23.0. The molecule has 1 aromatic carbocycles. The highest BCUT2D eigenvalue weighted by molar-refractivity contribution is 5.80. The number of benzene rings is 1. The van der Waals surface area contributed by atoms with Gasteiger partial charge in [0.25, 0.3) is 0 Å². The van der Waals surface area contributed by atoms with Crippen LogP contribution in [0.4, 0.5) is 0 Å². The molecular weight excluding hydrogens is 376 g/mol. The molecule has 2 atom stereocenters. The van der Waals surface area contributed by atoms with Gasteiger partial charge in [-0.1, -0.05) is 30.3 Å². The lowest BCUT2D eigenvalue weighted by atomic mass is 9.95. The molecule has 0 saturated carbocycles. The maximum Gasteiger partial charge on any atom is 0.191 e. The average Bonchev–Trinajstić information content (AvgIpc) is 3.22. The summed E-state index contributed by atoms with van der Waals surface area (Å²) in [4.78, 5) is 7.44. The van der Waals surface area contributed by atoms with Crippen molar-refractivity contribution in [2.75, 3.05) is 45.9 Å². The minimum absolute atomic E-state index is 0.161. The summed E-state index contributed by atoms with van der Waals surface area (Å²) >= 11 is 0. The maximum absolute atomic E-state index is 6.03. The van der Waals surface area contributed by atoms with Crippen molar-refractivity contribution in [3.63, 3.8) is 0 Å². The minimum atomic E-state index is 0.161. The molecule has 0 aromatic heterocycles. The summed E-state index contributed by atoms with van der Waals surface area (Å²) in [6, 6.07) is 11.0. The van der Waals surface area contributed by atoms with E-state index in [0.717, 1.165) is 71.2 Å². The molecule has 1 aromatic rings. The molecule has 2 aliphatic heterocycles. The molecule has 2 unspecified atom stereocenters. The molecule has 2 fully saturated rings. The van der Waals surface area contributed by atoms with E-state index in [-0.39, 0.29) is 6.10 Å². The highest BCUT2D eigenvalue weighted by Crippen LogP contribution is 2.34. The molecule has 2 heterocycles. The lowest BCUT2D eigenvalue weighted by Gasteiger charge is -2.33. The Bertz CT molecular complexity index is 629. The SMILES string of the molecule is CCNC(=NCC1CCOC1c1ccccc1)NC1CCN(CCOC(C)C)CC1. The Morgan fingerprint density at radius 1 is 1.20 bits per heavy atom. The first-order valence-corrected chi connectivity index (χ1v) is 11.7. The van der Waals surface area contributed by atoms with Crippen LogP contribution in [0, 0.1) is 5.92 Å². The van der Waals surface area contributed by atoms with E-state index >= 15 is 0 Å². The molecule has 2 saturated heterocycles. The summed E-state index contributed by atoms with van der Waals surface area (Å²) in [5.74, 6) is 1.38. The van der Waals surface area contributed by atoms with Gasteiger partial charge in [-0.3, -0.25) is 4.99 Å². The zero-order chi connectivity index (χ0) is 21.2. The standard InChI is InChI=1S/C24H40N4O2/c1-4-25-24(27-22-10-13-28(14-11-22)15-17-29-19(2)3)26-18-21-12-16-30-23(21)20-8-6-5-7-9-20/h5-9,19,21-23H,4,10-18H2,1-3H3,(H2,25,26,27). The molecule has 30 heavy (non-hydrogen) atoms. The molecule has 0 bridgehead atoms. The fourth-order valence-corrected chi connectivity index (χ4v) is 4.27. The Morgan fingerprint density at radius 3 is 2.67 bits per heavy atom. The van der Waals surface area contributed by atoms with E-state index in [1.807, 2.05) is 0 Å². The largest absolute Gasteiger partial charge is 0.377 e. The topological polar surface area (TPSA) is 58.1 Å². The molecular formula is C24H40N4O2. The molecule has 2 aliphatic rings. The first-order valence-electron chi connectivity index (χ1n) is 11.7. The van der Waals surface area contributed by atoms with Gasteiger partial charge in [0.15, 0.2) is 5.96 Å². The predicted molar refractivity (Wildman–Crippen MR) is 123 cm³/mol. The second-order valence-electron chi connectivity index (χ2n) is 8.65. The van der Waals surface area contributed by atoms with Crippen LogP contribution in [0.3, 0.4) is 0 Å². The van der Waals surface area contributed by atoms with Gasteiger partial charge in [-0.25, -0.2) is 0 Å². The fourth-order valence-electron chi connectivity index (χ4n) is 4.27.